The third-order valence-corrected chi connectivity index (χ3v) is 11.8. The molecule has 4 aliphatic carbocycles. The summed E-state index contributed by atoms with van der Waals surface area (Å²) in [6.45, 7) is 9.81. The second-order valence-corrected chi connectivity index (χ2v) is 12.8. The number of cyclic esters (lactones) is 1. The van der Waals surface area contributed by atoms with Crippen LogP contribution in [0.25, 0.3) is 0 Å². The molecule has 0 aromatic heterocycles. The van der Waals surface area contributed by atoms with Crippen molar-refractivity contribution < 1.29 is 34.4 Å². The highest BCUT2D eigenvalue weighted by molar-refractivity contribution is 5.98. The Labute approximate surface area is 206 Å². The maximum absolute atomic E-state index is 13.3. The first-order chi connectivity index (χ1) is 16.3. The van der Waals surface area contributed by atoms with E-state index in [4.69, 9.17) is 9.47 Å². The maximum atomic E-state index is 13.3. The number of ether oxygens (including phenoxy) is 2. The summed E-state index contributed by atoms with van der Waals surface area (Å²) in [5.41, 5.74) is -2.14. The third kappa shape index (κ3) is 2.56. The minimum Gasteiger partial charge on any atom is -0.458 e. The Morgan fingerprint density at radius 3 is 2.51 bits per heavy atom. The first-order valence-electron chi connectivity index (χ1n) is 13.2. The predicted octanol–water partition coefficient (Wildman–Crippen LogP) is 2.47. The van der Waals surface area contributed by atoms with Gasteiger partial charge in [-0.3, -0.25) is 4.79 Å². The average molecular weight is 487 g/mol. The van der Waals surface area contributed by atoms with Crippen LogP contribution in [0.3, 0.4) is 0 Å². The van der Waals surface area contributed by atoms with E-state index in [0.717, 1.165) is 5.57 Å². The van der Waals surface area contributed by atoms with E-state index < -0.39 is 34.2 Å². The molecule has 4 fully saturated rings. The second kappa shape index (κ2) is 7.06. The van der Waals surface area contributed by atoms with Gasteiger partial charge in [-0.15, -0.1) is 0 Å². The van der Waals surface area contributed by atoms with Crippen molar-refractivity contribution in [3.63, 3.8) is 0 Å². The van der Waals surface area contributed by atoms with E-state index in [-0.39, 0.29) is 47.6 Å². The van der Waals surface area contributed by atoms with Crippen molar-refractivity contribution in [1.82, 2.24) is 0 Å². The summed E-state index contributed by atoms with van der Waals surface area (Å²) >= 11 is 0. The fourth-order valence-electron chi connectivity index (χ4n) is 9.50. The Morgan fingerprint density at radius 1 is 1.11 bits per heavy atom. The van der Waals surface area contributed by atoms with Crippen molar-refractivity contribution in [2.45, 2.75) is 102 Å². The molecule has 3 N–H and O–H groups in total. The highest BCUT2D eigenvalue weighted by Crippen LogP contribution is 2.74. The van der Waals surface area contributed by atoms with Gasteiger partial charge in [0.25, 0.3) is 0 Å². The van der Waals surface area contributed by atoms with Gasteiger partial charge in [-0.2, -0.15) is 0 Å². The number of esters is 1. The zero-order chi connectivity index (χ0) is 25.3. The molecule has 6 rings (SSSR count). The lowest BCUT2D eigenvalue weighted by atomic mass is 9.42. The van der Waals surface area contributed by atoms with E-state index in [0.29, 0.717) is 37.7 Å². The number of epoxide rings is 1. The molecule has 0 aromatic rings. The van der Waals surface area contributed by atoms with Gasteiger partial charge in [0.15, 0.2) is 5.78 Å². The van der Waals surface area contributed by atoms with Gasteiger partial charge in [-0.25, -0.2) is 4.79 Å². The largest absolute Gasteiger partial charge is 0.458 e. The van der Waals surface area contributed by atoms with E-state index >= 15 is 0 Å². The molecule has 1 spiro atoms. The minimum atomic E-state index is -1.39. The van der Waals surface area contributed by atoms with Crippen LogP contribution in [0, 0.1) is 34.5 Å². The molecule has 12 atom stereocenters. The van der Waals surface area contributed by atoms with Crippen molar-refractivity contribution in [1.29, 1.82) is 0 Å². The molecule has 0 amide bonds. The lowest BCUT2D eigenvalue weighted by Gasteiger charge is -2.61. The fraction of sp³-hybridized carbons (Fsp3) is 0.786. The summed E-state index contributed by atoms with van der Waals surface area (Å²) in [7, 11) is 0. The van der Waals surface area contributed by atoms with Crippen molar-refractivity contribution in [3.8, 4) is 0 Å². The Balaban J connectivity index is 1.36. The van der Waals surface area contributed by atoms with Crippen LogP contribution in [-0.2, 0) is 19.1 Å². The number of aliphatic hydroxyl groups is 3. The molecule has 7 heteroatoms. The Morgan fingerprint density at radius 2 is 1.83 bits per heavy atom. The molecule has 7 nitrogen and oxygen atoms in total. The first kappa shape index (κ1) is 23.8. The smallest absolute Gasteiger partial charge is 0.333 e. The van der Waals surface area contributed by atoms with Gasteiger partial charge in [0.1, 0.15) is 17.8 Å². The molecule has 35 heavy (non-hydrogen) atoms. The lowest BCUT2D eigenvalue weighted by molar-refractivity contribution is -0.228. The number of rotatable bonds is 2. The highest BCUT2D eigenvalue weighted by atomic mass is 16.6. The monoisotopic (exact) mass is 486 g/mol. The van der Waals surface area contributed by atoms with Gasteiger partial charge in [-0.1, -0.05) is 19.4 Å². The molecule has 2 heterocycles. The van der Waals surface area contributed by atoms with Crippen LogP contribution in [0.5, 0.6) is 0 Å². The first-order valence-corrected chi connectivity index (χ1v) is 13.2. The van der Waals surface area contributed by atoms with Gasteiger partial charge >= 0.3 is 5.97 Å². The molecule has 2 aliphatic heterocycles. The van der Waals surface area contributed by atoms with Gasteiger partial charge in [0.2, 0.25) is 0 Å². The SMILES string of the molecule is CC1=C(C)C(=O)O[C@@H]([C@@H](C)[C@H]2C[C@H](O)[C@]3(O)[C@@H]4C[C@H]5O[C@]56[C@@H](O)C=CC(=O)[C@]6(C)[C@H]4CC[C@]23C)C1. The van der Waals surface area contributed by atoms with Crippen molar-refractivity contribution >= 4 is 11.8 Å². The average Bonchev–Trinajstić information content (AvgIpc) is 3.51. The second-order valence-electron chi connectivity index (χ2n) is 12.8. The standard InChI is InChI=1S/C28H38O7/c1-13-10-19(34-24(32)14(13)2)15(3)17-11-22(31)27(33)18-12-23-28(35-23)21(30)7-6-20(29)26(28,5)16(18)8-9-25(17,27)4/h6-7,15-19,21-23,30-31,33H,8-12H2,1-5H3/t15-,16-,17+,18+,19+,21-,22-,23+,25+,26-,27+,28+/m0/s1. The van der Waals surface area contributed by atoms with Crippen molar-refractivity contribution in [3.05, 3.63) is 23.3 Å². The molecule has 192 valence electrons. The molecule has 0 radical (unpaired) electrons. The van der Waals surface area contributed by atoms with E-state index in [2.05, 4.69) is 13.8 Å². The molecular weight excluding hydrogens is 448 g/mol. The highest BCUT2D eigenvalue weighted by Gasteiger charge is 2.83. The van der Waals surface area contributed by atoms with Crippen LogP contribution in [0.15, 0.2) is 23.3 Å². The number of allylic oxidation sites excluding steroid dienone is 1. The quantitative estimate of drug-likeness (QED) is 0.406. The van der Waals surface area contributed by atoms with Crippen LogP contribution in [-0.4, -0.2) is 62.7 Å². The zero-order valence-electron chi connectivity index (χ0n) is 21.3. The molecule has 6 aliphatic rings. The Hall–Kier alpha value is -1.54. The van der Waals surface area contributed by atoms with E-state index in [1.165, 1.54) is 12.2 Å². The van der Waals surface area contributed by atoms with Crippen LogP contribution in [0.1, 0.15) is 66.7 Å². The Kier molecular flexibility index (Phi) is 4.81. The number of carbonyl (C=O) groups is 2. The number of fused-ring (bicyclic) bond motifs is 4. The van der Waals surface area contributed by atoms with E-state index in [1.54, 1.807) is 6.92 Å². The molecule has 0 unspecified atom stereocenters. The normalized spacial score (nSPS) is 55.5. The van der Waals surface area contributed by atoms with E-state index in [1.807, 2.05) is 13.8 Å². The summed E-state index contributed by atoms with van der Waals surface area (Å²) in [6.07, 6.45) is 3.59. The predicted molar refractivity (Wildman–Crippen MR) is 126 cm³/mol. The topological polar surface area (TPSA) is 117 Å². The molecule has 1 saturated heterocycles. The Bertz CT molecular complexity index is 1060. The summed E-state index contributed by atoms with van der Waals surface area (Å²) in [5.74, 6) is -0.937. The third-order valence-electron chi connectivity index (χ3n) is 11.8. The minimum absolute atomic E-state index is 0.0382. The molecule has 0 aromatic carbocycles. The summed E-state index contributed by atoms with van der Waals surface area (Å²) in [5, 5.41) is 34.8. The zero-order valence-corrected chi connectivity index (χ0v) is 21.3. The number of hydrogen-bond donors (Lipinski definition) is 3. The number of aliphatic hydroxyl groups excluding tert-OH is 2. The van der Waals surface area contributed by atoms with Gasteiger partial charge < -0.3 is 24.8 Å². The summed E-state index contributed by atoms with van der Waals surface area (Å²) in [6, 6.07) is 0. The van der Waals surface area contributed by atoms with E-state index in [9.17, 15) is 24.9 Å². The van der Waals surface area contributed by atoms with Crippen LogP contribution < -0.4 is 0 Å². The van der Waals surface area contributed by atoms with Gasteiger partial charge in [-0.05, 0) is 82.3 Å². The summed E-state index contributed by atoms with van der Waals surface area (Å²) < 4.78 is 12.0. The van der Waals surface area contributed by atoms with Crippen LogP contribution >= 0.6 is 0 Å². The fourth-order valence-corrected chi connectivity index (χ4v) is 9.50. The van der Waals surface area contributed by atoms with Crippen molar-refractivity contribution in [2.75, 3.05) is 0 Å². The number of hydrogen-bond acceptors (Lipinski definition) is 7. The number of ketones is 1. The van der Waals surface area contributed by atoms with Crippen LogP contribution in [0.2, 0.25) is 0 Å². The lowest BCUT2D eigenvalue weighted by Crippen LogP contribution is -2.70. The number of carbonyl (C=O) groups excluding carboxylic acids is 2. The van der Waals surface area contributed by atoms with Crippen LogP contribution in [0.4, 0.5) is 0 Å². The molecular formula is C28H38O7. The van der Waals surface area contributed by atoms with Crippen molar-refractivity contribution in [2.24, 2.45) is 34.5 Å². The summed E-state index contributed by atoms with van der Waals surface area (Å²) in [4.78, 5) is 25.8. The maximum Gasteiger partial charge on any atom is 0.333 e. The molecule has 0 bridgehead atoms. The van der Waals surface area contributed by atoms with Gasteiger partial charge in [0, 0.05) is 17.4 Å². The molecule has 3 saturated carbocycles. The van der Waals surface area contributed by atoms with Gasteiger partial charge in [0.05, 0.1) is 23.2 Å².